The molecule has 0 aliphatic heterocycles. The lowest BCUT2D eigenvalue weighted by molar-refractivity contribution is 0.219. The van der Waals surface area contributed by atoms with Crippen LogP contribution in [0.5, 0.6) is 0 Å². The summed E-state index contributed by atoms with van der Waals surface area (Å²) in [4.78, 5) is 22.2. The molecule has 0 fully saturated rings. The van der Waals surface area contributed by atoms with Crippen LogP contribution in [0.2, 0.25) is 0 Å². The summed E-state index contributed by atoms with van der Waals surface area (Å²) < 4.78 is 7.09. The number of carbonyl (C=O) groups excluding carboxylic acids is 1. The Morgan fingerprint density at radius 3 is 2.73 bits per heavy atom. The topological polar surface area (TPSA) is 89.1 Å². The number of aromatic nitrogens is 4. The van der Waals surface area contributed by atoms with E-state index in [0.717, 1.165) is 12.1 Å². The summed E-state index contributed by atoms with van der Waals surface area (Å²) in [7, 11) is 1.69. The van der Waals surface area contributed by atoms with Crippen LogP contribution in [0, 0.1) is 5.92 Å². The first kappa shape index (κ1) is 17.7. The molecule has 0 radical (unpaired) electrons. The molecule has 0 saturated heterocycles. The third-order valence-electron chi connectivity index (χ3n) is 3.74. The van der Waals surface area contributed by atoms with Gasteiger partial charge in [-0.1, -0.05) is 19.0 Å². The summed E-state index contributed by atoms with van der Waals surface area (Å²) in [6, 6.07) is 7.27. The zero-order chi connectivity index (χ0) is 18.5. The number of hydrogen-bond acceptors (Lipinski definition) is 5. The smallest absolute Gasteiger partial charge is 0.321 e. The zero-order valence-electron chi connectivity index (χ0n) is 15.1. The maximum absolute atomic E-state index is 12.3. The number of rotatable bonds is 6. The van der Waals surface area contributed by atoms with Crippen molar-refractivity contribution in [1.29, 1.82) is 0 Å². The monoisotopic (exact) mass is 354 g/mol. The predicted octanol–water partition coefficient (Wildman–Crippen LogP) is 3.12. The van der Waals surface area contributed by atoms with E-state index in [-0.39, 0.29) is 12.6 Å². The van der Waals surface area contributed by atoms with Gasteiger partial charge in [-0.2, -0.15) is 4.98 Å². The fourth-order valence-corrected chi connectivity index (χ4v) is 2.42. The molecule has 1 N–H and O–H groups in total. The molecule has 2 amide bonds. The fraction of sp³-hybridized carbons (Fsp3) is 0.333. The maximum atomic E-state index is 12.3. The molecule has 136 valence electrons. The lowest BCUT2D eigenvalue weighted by atomic mass is 10.1. The van der Waals surface area contributed by atoms with Crippen LogP contribution in [0.3, 0.4) is 0 Å². The van der Waals surface area contributed by atoms with E-state index in [1.807, 2.05) is 35.0 Å². The number of urea groups is 1. The molecule has 3 rings (SSSR count). The van der Waals surface area contributed by atoms with E-state index >= 15 is 0 Å². The van der Waals surface area contributed by atoms with Gasteiger partial charge in [0.15, 0.2) is 5.82 Å². The Kier molecular flexibility index (Phi) is 5.31. The number of anilines is 1. The highest BCUT2D eigenvalue weighted by Crippen LogP contribution is 2.14. The van der Waals surface area contributed by atoms with Crippen molar-refractivity contribution in [2.75, 3.05) is 12.4 Å². The summed E-state index contributed by atoms with van der Waals surface area (Å²) >= 11 is 0. The molecule has 26 heavy (non-hydrogen) atoms. The van der Waals surface area contributed by atoms with Gasteiger partial charge in [-0.05, 0) is 30.2 Å². The molecule has 0 aliphatic carbocycles. The van der Waals surface area contributed by atoms with E-state index in [1.54, 1.807) is 19.6 Å². The van der Waals surface area contributed by atoms with Crippen molar-refractivity contribution in [2.45, 2.75) is 26.8 Å². The van der Waals surface area contributed by atoms with Gasteiger partial charge >= 0.3 is 6.03 Å². The summed E-state index contributed by atoms with van der Waals surface area (Å²) in [5, 5.41) is 6.77. The van der Waals surface area contributed by atoms with Crippen LogP contribution >= 0.6 is 0 Å². The van der Waals surface area contributed by atoms with Gasteiger partial charge in [0.2, 0.25) is 5.89 Å². The Bertz CT molecular complexity index is 839. The van der Waals surface area contributed by atoms with Gasteiger partial charge in [-0.25, -0.2) is 9.78 Å². The molecule has 8 heteroatoms. The van der Waals surface area contributed by atoms with Gasteiger partial charge in [-0.15, -0.1) is 0 Å². The van der Waals surface area contributed by atoms with Crippen molar-refractivity contribution >= 4 is 11.7 Å². The number of imidazole rings is 1. The summed E-state index contributed by atoms with van der Waals surface area (Å²) in [6.45, 7) is 4.45. The van der Waals surface area contributed by atoms with Gasteiger partial charge in [0.1, 0.15) is 0 Å². The molecule has 3 aromatic rings. The number of hydrogen-bond donors (Lipinski definition) is 1. The minimum atomic E-state index is -0.240. The molecule has 0 aliphatic rings. The lowest BCUT2D eigenvalue weighted by Crippen LogP contribution is -2.31. The van der Waals surface area contributed by atoms with Crippen molar-refractivity contribution in [3.63, 3.8) is 0 Å². The quantitative estimate of drug-likeness (QED) is 0.735. The fourth-order valence-electron chi connectivity index (χ4n) is 2.42. The molecular formula is C18H22N6O2. The van der Waals surface area contributed by atoms with E-state index in [1.165, 1.54) is 4.90 Å². The summed E-state index contributed by atoms with van der Waals surface area (Å²) in [5.41, 5.74) is 1.68. The molecule has 0 bridgehead atoms. The third kappa shape index (κ3) is 4.47. The number of nitrogens with zero attached hydrogens (tertiary/aromatic N) is 5. The molecule has 1 aromatic carbocycles. The SMILES string of the molecule is CC(C)Cc1nc(CN(C)C(=O)Nc2ccc(-n3ccnc3)cc2)no1. The van der Waals surface area contributed by atoms with Crippen molar-refractivity contribution in [1.82, 2.24) is 24.6 Å². The maximum Gasteiger partial charge on any atom is 0.321 e. The van der Waals surface area contributed by atoms with E-state index in [9.17, 15) is 4.79 Å². The lowest BCUT2D eigenvalue weighted by Gasteiger charge is -2.16. The molecule has 2 heterocycles. The standard InChI is InChI=1S/C18H22N6O2/c1-13(2)10-17-21-16(22-26-17)11-23(3)18(25)20-14-4-6-15(7-5-14)24-9-8-19-12-24/h4-9,12-13H,10-11H2,1-3H3,(H,20,25). The first-order chi connectivity index (χ1) is 12.5. The number of carbonyl (C=O) groups is 1. The minimum Gasteiger partial charge on any atom is -0.339 e. The Balaban J connectivity index is 1.56. The number of nitrogens with one attached hydrogen (secondary N) is 1. The zero-order valence-corrected chi connectivity index (χ0v) is 15.1. The minimum absolute atomic E-state index is 0.240. The molecular weight excluding hydrogens is 332 g/mol. The highest BCUT2D eigenvalue weighted by Gasteiger charge is 2.14. The van der Waals surface area contributed by atoms with Crippen molar-refractivity contribution in [3.05, 3.63) is 54.7 Å². The largest absolute Gasteiger partial charge is 0.339 e. The van der Waals surface area contributed by atoms with Gasteiger partial charge in [-0.3, -0.25) is 0 Å². The van der Waals surface area contributed by atoms with E-state index in [4.69, 9.17) is 4.52 Å². The van der Waals surface area contributed by atoms with E-state index in [0.29, 0.717) is 23.3 Å². The van der Waals surface area contributed by atoms with Gasteiger partial charge in [0.05, 0.1) is 12.9 Å². The van der Waals surface area contributed by atoms with E-state index in [2.05, 4.69) is 34.3 Å². The van der Waals surface area contributed by atoms with Crippen LogP contribution in [0.15, 0.2) is 47.5 Å². The molecule has 0 spiro atoms. The number of amides is 2. The Labute approximate surface area is 151 Å². The van der Waals surface area contributed by atoms with Crippen LogP contribution in [0.25, 0.3) is 5.69 Å². The Morgan fingerprint density at radius 1 is 1.31 bits per heavy atom. The van der Waals surface area contributed by atoms with Crippen LogP contribution in [0.4, 0.5) is 10.5 Å². The Morgan fingerprint density at radius 2 is 2.08 bits per heavy atom. The second-order valence-electron chi connectivity index (χ2n) is 6.51. The molecule has 2 aromatic heterocycles. The number of benzene rings is 1. The molecule has 8 nitrogen and oxygen atoms in total. The van der Waals surface area contributed by atoms with Gasteiger partial charge < -0.3 is 19.3 Å². The molecule has 0 unspecified atom stereocenters. The Hall–Kier alpha value is -3.16. The summed E-state index contributed by atoms with van der Waals surface area (Å²) in [6.07, 6.45) is 6.03. The van der Waals surface area contributed by atoms with Crippen LogP contribution in [0.1, 0.15) is 25.6 Å². The predicted molar refractivity (Wildman–Crippen MR) is 96.9 cm³/mol. The van der Waals surface area contributed by atoms with Gasteiger partial charge in [0, 0.05) is 37.2 Å². The van der Waals surface area contributed by atoms with Crippen LogP contribution in [-0.4, -0.2) is 37.7 Å². The van der Waals surface area contributed by atoms with Gasteiger partial charge in [0.25, 0.3) is 0 Å². The van der Waals surface area contributed by atoms with E-state index < -0.39 is 0 Å². The van der Waals surface area contributed by atoms with Crippen molar-refractivity contribution in [2.24, 2.45) is 5.92 Å². The summed E-state index contributed by atoms with van der Waals surface area (Å²) in [5.74, 6) is 1.53. The second-order valence-corrected chi connectivity index (χ2v) is 6.51. The first-order valence-electron chi connectivity index (χ1n) is 8.43. The second kappa shape index (κ2) is 7.81. The highest BCUT2D eigenvalue weighted by molar-refractivity contribution is 5.89. The third-order valence-corrected chi connectivity index (χ3v) is 3.74. The van der Waals surface area contributed by atoms with Crippen molar-refractivity contribution in [3.8, 4) is 5.69 Å². The average Bonchev–Trinajstić information content (AvgIpc) is 3.27. The van der Waals surface area contributed by atoms with Crippen molar-refractivity contribution < 1.29 is 9.32 Å². The van der Waals surface area contributed by atoms with Crippen LogP contribution < -0.4 is 5.32 Å². The van der Waals surface area contributed by atoms with Crippen LogP contribution in [-0.2, 0) is 13.0 Å². The molecule has 0 atom stereocenters. The highest BCUT2D eigenvalue weighted by atomic mass is 16.5. The first-order valence-corrected chi connectivity index (χ1v) is 8.43. The molecule has 0 saturated carbocycles. The normalized spacial score (nSPS) is 10.9. The average molecular weight is 354 g/mol.